The lowest BCUT2D eigenvalue weighted by Crippen LogP contribution is -2.40. The van der Waals surface area contributed by atoms with E-state index in [1.165, 1.54) is 0 Å². The molecule has 23 heavy (non-hydrogen) atoms. The quantitative estimate of drug-likeness (QED) is 0.777. The van der Waals surface area contributed by atoms with Gasteiger partial charge in [-0.15, -0.1) is 0 Å². The van der Waals surface area contributed by atoms with Crippen LogP contribution in [0.25, 0.3) is 11.0 Å². The Morgan fingerprint density at radius 1 is 1.26 bits per heavy atom. The van der Waals surface area contributed by atoms with E-state index in [9.17, 15) is 4.79 Å². The van der Waals surface area contributed by atoms with Gasteiger partial charge in [-0.3, -0.25) is 4.79 Å². The van der Waals surface area contributed by atoms with E-state index < -0.39 is 0 Å². The van der Waals surface area contributed by atoms with E-state index in [0.29, 0.717) is 24.5 Å². The average Bonchev–Trinajstić information content (AvgIpc) is 3.07. The minimum absolute atomic E-state index is 0.149. The Labute approximate surface area is 132 Å². The van der Waals surface area contributed by atoms with Crippen molar-refractivity contribution in [2.45, 2.75) is 6.10 Å². The van der Waals surface area contributed by atoms with Crippen LogP contribution in [0.3, 0.4) is 0 Å². The fraction of sp³-hybridized carbons (Fsp3) is 0.176. The summed E-state index contributed by atoms with van der Waals surface area (Å²) in [6, 6.07) is 12.9. The van der Waals surface area contributed by atoms with E-state index in [0.717, 1.165) is 16.8 Å². The molecule has 0 spiro atoms. The SMILES string of the molecule is O=C(NC[C@H]1COc2ccccc2O1)c1ccc2nc[nH]c2c1. The van der Waals surface area contributed by atoms with E-state index in [1.807, 2.05) is 30.3 Å². The fourth-order valence-corrected chi connectivity index (χ4v) is 2.55. The first kappa shape index (κ1) is 13.6. The lowest BCUT2D eigenvalue weighted by atomic mass is 10.2. The predicted octanol–water partition coefficient (Wildman–Crippen LogP) is 2.13. The summed E-state index contributed by atoms with van der Waals surface area (Å²) in [6.07, 6.45) is 1.40. The highest BCUT2D eigenvalue weighted by atomic mass is 16.6. The molecule has 116 valence electrons. The molecule has 1 amide bonds. The number of nitrogens with one attached hydrogen (secondary N) is 2. The third-order valence-electron chi connectivity index (χ3n) is 3.74. The Morgan fingerprint density at radius 2 is 2.13 bits per heavy atom. The van der Waals surface area contributed by atoms with E-state index in [1.54, 1.807) is 18.5 Å². The molecule has 6 heteroatoms. The number of imidazole rings is 1. The summed E-state index contributed by atoms with van der Waals surface area (Å²) in [5.41, 5.74) is 2.25. The number of carbonyl (C=O) groups excluding carboxylic acids is 1. The van der Waals surface area contributed by atoms with Crippen LogP contribution in [0.5, 0.6) is 11.5 Å². The molecule has 6 nitrogen and oxygen atoms in total. The highest BCUT2D eigenvalue weighted by molar-refractivity contribution is 5.97. The van der Waals surface area contributed by atoms with Crippen LogP contribution in [0.15, 0.2) is 48.8 Å². The highest BCUT2D eigenvalue weighted by Gasteiger charge is 2.21. The Bertz CT molecular complexity index is 859. The predicted molar refractivity (Wildman–Crippen MR) is 84.8 cm³/mol. The number of benzene rings is 2. The zero-order chi connectivity index (χ0) is 15.6. The monoisotopic (exact) mass is 309 g/mol. The molecular formula is C17H15N3O3. The Hall–Kier alpha value is -3.02. The number of carbonyl (C=O) groups is 1. The van der Waals surface area contributed by atoms with Gasteiger partial charge in [0.15, 0.2) is 11.5 Å². The molecule has 1 aliphatic rings. The summed E-state index contributed by atoms with van der Waals surface area (Å²) in [5.74, 6) is 1.29. The number of aromatic amines is 1. The number of nitrogens with zero attached hydrogens (tertiary/aromatic N) is 1. The first-order chi connectivity index (χ1) is 11.3. The molecule has 1 aliphatic heterocycles. The summed E-state index contributed by atoms with van der Waals surface area (Å²) in [4.78, 5) is 19.4. The molecule has 4 rings (SSSR count). The van der Waals surface area contributed by atoms with Crippen LogP contribution >= 0.6 is 0 Å². The van der Waals surface area contributed by atoms with Crippen LogP contribution in [0.2, 0.25) is 0 Å². The maximum atomic E-state index is 12.3. The van der Waals surface area contributed by atoms with Crippen LogP contribution in [-0.4, -0.2) is 35.1 Å². The molecular weight excluding hydrogens is 294 g/mol. The molecule has 0 saturated carbocycles. The Balaban J connectivity index is 1.40. The van der Waals surface area contributed by atoms with Crippen molar-refractivity contribution in [3.63, 3.8) is 0 Å². The van der Waals surface area contributed by atoms with Crippen molar-refractivity contribution in [3.8, 4) is 11.5 Å². The molecule has 2 heterocycles. The lowest BCUT2D eigenvalue weighted by molar-refractivity contribution is 0.0789. The van der Waals surface area contributed by atoms with E-state index in [2.05, 4.69) is 15.3 Å². The molecule has 0 fully saturated rings. The summed E-state index contributed by atoms with van der Waals surface area (Å²) in [7, 11) is 0. The van der Waals surface area contributed by atoms with Crippen LogP contribution in [0.1, 0.15) is 10.4 Å². The van der Waals surface area contributed by atoms with Gasteiger partial charge in [0.05, 0.1) is 23.9 Å². The van der Waals surface area contributed by atoms with Crippen molar-refractivity contribution in [3.05, 3.63) is 54.4 Å². The zero-order valence-corrected chi connectivity index (χ0v) is 12.3. The molecule has 0 radical (unpaired) electrons. The van der Waals surface area contributed by atoms with Gasteiger partial charge < -0.3 is 19.8 Å². The number of hydrogen-bond acceptors (Lipinski definition) is 4. The molecule has 0 unspecified atom stereocenters. The molecule has 1 atom stereocenters. The van der Waals surface area contributed by atoms with E-state index >= 15 is 0 Å². The van der Waals surface area contributed by atoms with Crippen LogP contribution in [0, 0.1) is 0 Å². The topological polar surface area (TPSA) is 76.2 Å². The van der Waals surface area contributed by atoms with Gasteiger partial charge in [-0.25, -0.2) is 4.98 Å². The number of aromatic nitrogens is 2. The maximum absolute atomic E-state index is 12.3. The second-order valence-corrected chi connectivity index (χ2v) is 5.34. The molecule has 0 aliphatic carbocycles. The van der Waals surface area contributed by atoms with Gasteiger partial charge in [-0.1, -0.05) is 12.1 Å². The lowest BCUT2D eigenvalue weighted by Gasteiger charge is -2.26. The second kappa shape index (κ2) is 5.64. The average molecular weight is 309 g/mol. The number of H-pyrrole nitrogens is 1. The van der Waals surface area contributed by atoms with Crippen LogP contribution in [0.4, 0.5) is 0 Å². The third kappa shape index (κ3) is 2.70. The van der Waals surface area contributed by atoms with Crippen molar-refractivity contribution < 1.29 is 14.3 Å². The van der Waals surface area contributed by atoms with Crippen LogP contribution in [-0.2, 0) is 0 Å². The maximum Gasteiger partial charge on any atom is 0.251 e. The smallest absolute Gasteiger partial charge is 0.251 e. The standard InChI is InChI=1S/C17H15N3O3/c21-17(11-5-6-13-14(7-11)20-10-19-13)18-8-12-9-22-15-3-1-2-4-16(15)23-12/h1-7,10,12H,8-9H2,(H,18,21)(H,19,20)/t12-/m0/s1. The Morgan fingerprint density at radius 3 is 3.04 bits per heavy atom. The van der Waals surface area contributed by atoms with Gasteiger partial charge in [0.25, 0.3) is 5.91 Å². The molecule has 2 N–H and O–H groups in total. The first-order valence-corrected chi connectivity index (χ1v) is 7.39. The number of ether oxygens (including phenoxy) is 2. The molecule has 3 aromatic rings. The van der Waals surface area contributed by atoms with Crippen molar-refractivity contribution in [1.29, 1.82) is 0 Å². The molecule has 0 bridgehead atoms. The van der Waals surface area contributed by atoms with E-state index in [-0.39, 0.29) is 12.0 Å². The summed E-state index contributed by atoms with van der Waals surface area (Å²) in [5, 5.41) is 2.88. The summed E-state index contributed by atoms with van der Waals surface area (Å²) in [6.45, 7) is 0.797. The van der Waals surface area contributed by atoms with Crippen molar-refractivity contribution in [2.24, 2.45) is 0 Å². The van der Waals surface area contributed by atoms with Gasteiger partial charge in [0, 0.05) is 5.56 Å². The van der Waals surface area contributed by atoms with Gasteiger partial charge >= 0.3 is 0 Å². The van der Waals surface area contributed by atoms with Gasteiger partial charge in [0.2, 0.25) is 0 Å². The number of fused-ring (bicyclic) bond motifs is 2. The minimum atomic E-state index is -0.204. The number of para-hydroxylation sites is 2. The van der Waals surface area contributed by atoms with Gasteiger partial charge in [-0.05, 0) is 30.3 Å². The number of hydrogen-bond donors (Lipinski definition) is 2. The molecule has 2 aromatic carbocycles. The normalized spacial score (nSPS) is 16.3. The largest absolute Gasteiger partial charge is 0.486 e. The van der Waals surface area contributed by atoms with Crippen LogP contribution < -0.4 is 14.8 Å². The minimum Gasteiger partial charge on any atom is -0.486 e. The molecule has 1 aromatic heterocycles. The summed E-state index contributed by atoms with van der Waals surface area (Å²) < 4.78 is 11.5. The van der Waals surface area contributed by atoms with Crippen molar-refractivity contribution in [2.75, 3.05) is 13.2 Å². The zero-order valence-electron chi connectivity index (χ0n) is 12.3. The summed E-state index contributed by atoms with van der Waals surface area (Å²) >= 11 is 0. The van der Waals surface area contributed by atoms with Gasteiger partial charge in [0.1, 0.15) is 12.7 Å². The first-order valence-electron chi connectivity index (χ1n) is 7.39. The fourth-order valence-electron chi connectivity index (χ4n) is 2.55. The van der Waals surface area contributed by atoms with Crippen molar-refractivity contribution in [1.82, 2.24) is 15.3 Å². The van der Waals surface area contributed by atoms with Gasteiger partial charge in [-0.2, -0.15) is 0 Å². The van der Waals surface area contributed by atoms with Crippen molar-refractivity contribution >= 4 is 16.9 Å². The third-order valence-corrected chi connectivity index (χ3v) is 3.74. The van der Waals surface area contributed by atoms with E-state index in [4.69, 9.17) is 9.47 Å². The number of amides is 1. The molecule has 0 saturated heterocycles. The second-order valence-electron chi connectivity index (χ2n) is 5.34. The highest BCUT2D eigenvalue weighted by Crippen LogP contribution is 2.30. The Kier molecular flexibility index (Phi) is 3.34. The number of rotatable bonds is 3.